The van der Waals surface area contributed by atoms with Crippen molar-refractivity contribution in [2.24, 2.45) is 0 Å². The third-order valence-electron chi connectivity index (χ3n) is 2.99. The van der Waals surface area contributed by atoms with Gasteiger partial charge in [0, 0.05) is 16.7 Å². The standard InChI is InChI=1S/C16H17FO3S/c1-19-12-7-11(8-13(9-12)20-2)15(18)10-21-16-6-4-3-5-14(16)17/h3-9,15,18H,10H2,1-2H3. The third-order valence-corrected chi connectivity index (χ3v) is 4.12. The maximum absolute atomic E-state index is 13.5. The smallest absolute Gasteiger partial charge is 0.136 e. The van der Waals surface area contributed by atoms with Gasteiger partial charge in [0.05, 0.1) is 20.3 Å². The van der Waals surface area contributed by atoms with Crippen LogP contribution in [-0.4, -0.2) is 25.1 Å². The minimum Gasteiger partial charge on any atom is -0.497 e. The second-order valence-electron chi connectivity index (χ2n) is 4.40. The maximum atomic E-state index is 13.5. The van der Waals surface area contributed by atoms with Gasteiger partial charge < -0.3 is 14.6 Å². The number of hydrogen-bond acceptors (Lipinski definition) is 4. The molecule has 0 aliphatic heterocycles. The fourth-order valence-corrected chi connectivity index (χ4v) is 2.76. The van der Waals surface area contributed by atoms with Gasteiger partial charge in [-0.2, -0.15) is 0 Å². The summed E-state index contributed by atoms with van der Waals surface area (Å²) in [6, 6.07) is 11.7. The SMILES string of the molecule is COc1cc(OC)cc(C(O)CSc2ccccc2F)c1. The molecule has 2 rings (SSSR count). The van der Waals surface area contributed by atoms with Crippen LogP contribution in [0.4, 0.5) is 4.39 Å². The predicted molar refractivity (Wildman–Crippen MR) is 81.6 cm³/mol. The summed E-state index contributed by atoms with van der Waals surface area (Å²) in [5.41, 5.74) is 0.676. The lowest BCUT2D eigenvalue weighted by molar-refractivity contribution is 0.203. The zero-order chi connectivity index (χ0) is 15.2. The van der Waals surface area contributed by atoms with Crippen molar-refractivity contribution in [1.29, 1.82) is 0 Å². The highest BCUT2D eigenvalue weighted by molar-refractivity contribution is 7.99. The Morgan fingerprint density at radius 1 is 1.10 bits per heavy atom. The number of benzene rings is 2. The molecule has 1 atom stereocenters. The summed E-state index contributed by atoms with van der Waals surface area (Å²) >= 11 is 1.27. The summed E-state index contributed by atoms with van der Waals surface area (Å²) in [6.45, 7) is 0. The summed E-state index contributed by atoms with van der Waals surface area (Å²) in [7, 11) is 3.11. The molecule has 1 unspecified atom stereocenters. The van der Waals surface area contributed by atoms with E-state index in [1.54, 1.807) is 50.6 Å². The molecule has 2 aromatic rings. The number of aliphatic hydroxyl groups excluding tert-OH is 1. The molecule has 0 amide bonds. The van der Waals surface area contributed by atoms with Crippen LogP contribution in [0.15, 0.2) is 47.4 Å². The number of halogens is 1. The number of methoxy groups -OCH3 is 2. The zero-order valence-corrected chi connectivity index (χ0v) is 12.7. The van der Waals surface area contributed by atoms with Crippen molar-refractivity contribution in [3.63, 3.8) is 0 Å². The zero-order valence-electron chi connectivity index (χ0n) is 11.9. The highest BCUT2D eigenvalue weighted by Crippen LogP contribution is 2.30. The number of hydrogen-bond donors (Lipinski definition) is 1. The van der Waals surface area contributed by atoms with Crippen molar-refractivity contribution in [3.05, 3.63) is 53.8 Å². The lowest BCUT2D eigenvalue weighted by atomic mass is 10.1. The van der Waals surface area contributed by atoms with Crippen molar-refractivity contribution in [2.45, 2.75) is 11.0 Å². The summed E-state index contributed by atoms with van der Waals surface area (Å²) in [5.74, 6) is 1.29. The van der Waals surface area contributed by atoms with E-state index in [9.17, 15) is 9.50 Å². The van der Waals surface area contributed by atoms with E-state index in [2.05, 4.69) is 0 Å². The molecule has 1 N–H and O–H groups in total. The molecule has 0 saturated carbocycles. The van der Waals surface area contributed by atoms with Crippen LogP contribution in [0.2, 0.25) is 0 Å². The monoisotopic (exact) mass is 308 g/mol. The van der Waals surface area contributed by atoms with E-state index in [1.165, 1.54) is 17.8 Å². The lowest BCUT2D eigenvalue weighted by Gasteiger charge is -2.14. The van der Waals surface area contributed by atoms with Crippen LogP contribution in [0, 0.1) is 5.82 Å². The molecule has 21 heavy (non-hydrogen) atoms. The molecule has 0 fully saturated rings. The fourth-order valence-electron chi connectivity index (χ4n) is 1.85. The van der Waals surface area contributed by atoms with Gasteiger partial charge in [-0.05, 0) is 29.8 Å². The van der Waals surface area contributed by atoms with Crippen LogP contribution < -0.4 is 9.47 Å². The van der Waals surface area contributed by atoms with Gasteiger partial charge in [-0.1, -0.05) is 12.1 Å². The van der Waals surface area contributed by atoms with E-state index in [-0.39, 0.29) is 5.82 Å². The Bertz CT molecular complexity index is 582. The molecule has 3 nitrogen and oxygen atoms in total. The largest absolute Gasteiger partial charge is 0.497 e. The van der Waals surface area contributed by atoms with Gasteiger partial charge in [0.15, 0.2) is 0 Å². The molecule has 112 valence electrons. The van der Waals surface area contributed by atoms with Crippen molar-refractivity contribution in [3.8, 4) is 11.5 Å². The lowest BCUT2D eigenvalue weighted by Crippen LogP contribution is -2.02. The minimum atomic E-state index is -0.737. The number of ether oxygens (including phenoxy) is 2. The molecule has 0 aliphatic rings. The summed E-state index contributed by atoms with van der Waals surface area (Å²) in [4.78, 5) is 0.520. The van der Waals surface area contributed by atoms with Gasteiger partial charge in [0.2, 0.25) is 0 Å². The third kappa shape index (κ3) is 4.12. The Balaban J connectivity index is 2.09. The van der Waals surface area contributed by atoms with E-state index in [0.29, 0.717) is 27.7 Å². The Morgan fingerprint density at radius 2 is 1.71 bits per heavy atom. The molecule has 0 aliphatic carbocycles. The Kier molecular flexibility index (Phi) is 5.47. The quantitative estimate of drug-likeness (QED) is 0.827. The van der Waals surface area contributed by atoms with E-state index in [4.69, 9.17) is 9.47 Å². The van der Waals surface area contributed by atoms with Crippen molar-refractivity contribution in [2.75, 3.05) is 20.0 Å². The highest BCUT2D eigenvalue weighted by Gasteiger charge is 2.13. The van der Waals surface area contributed by atoms with Crippen LogP contribution in [0.1, 0.15) is 11.7 Å². The summed E-state index contributed by atoms with van der Waals surface area (Å²) < 4.78 is 23.9. The van der Waals surface area contributed by atoms with Crippen LogP contribution in [-0.2, 0) is 0 Å². The normalized spacial score (nSPS) is 12.0. The first kappa shape index (κ1) is 15.7. The molecule has 5 heteroatoms. The molecular formula is C16H17FO3S. The molecular weight excluding hydrogens is 291 g/mol. The average molecular weight is 308 g/mol. The van der Waals surface area contributed by atoms with Crippen molar-refractivity contribution >= 4 is 11.8 Å². The number of rotatable bonds is 6. The second-order valence-corrected chi connectivity index (χ2v) is 5.47. The first-order chi connectivity index (χ1) is 10.1. The van der Waals surface area contributed by atoms with E-state index < -0.39 is 6.10 Å². The van der Waals surface area contributed by atoms with Crippen LogP contribution in [0.5, 0.6) is 11.5 Å². The van der Waals surface area contributed by atoms with Gasteiger partial charge in [0.25, 0.3) is 0 Å². The van der Waals surface area contributed by atoms with Gasteiger partial charge in [-0.25, -0.2) is 4.39 Å². The summed E-state index contributed by atoms with van der Waals surface area (Å²) in [6.07, 6.45) is -0.737. The Hall–Kier alpha value is -1.72. The minimum absolute atomic E-state index is 0.280. The topological polar surface area (TPSA) is 38.7 Å². The van der Waals surface area contributed by atoms with Crippen LogP contribution in [0.3, 0.4) is 0 Å². The maximum Gasteiger partial charge on any atom is 0.136 e. The Morgan fingerprint density at radius 3 is 2.29 bits per heavy atom. The molecule has 0 radical (unpaired) electrons. The van der Waals surface area contributed by atoms with E-state index in [0.717, 1.165) is 0 Å². The van der Waals surface area contributed by atoms with E-state index >= 15 is 0 Å². The Labute approximate surface area is 127 Å². The number of thioether (sulfide) groups is 1. The van der Waals surface area contributed by atoms with E-state index in [1.807, 2.05) is 0 Å². The molecule has 0 heterocycles. The van der Waals surface area contributed by atoms with Crippen LogP contribution in [0.25, 0.3) is 0 Å². The van der Waals surface area contributed by atoms with Gasteiger partial charge in [-0.3, -0.25) is 0 Å². The second kappa shape index (κ2) is 7.33. The van der Waals surface area contributed by atoms with Crippen LogP contribution >= 0.6 is 11.8 Å². The predicted octanol–water partition coefficient (Wildman–Crippen LogP) is 3.67. The van der Waals surface area contributed by atoms with Gasteiger partial charge in [-0.15, -0.1) is 11.8 Å². The van der Waals surface area contributed by atoms with Crippen molar-refractivity contribution in [1.82, 2.24) is 0 Å². The molecule has 2 aromatic carbocycles. The highest BCUT2D eigenvalue weighted by atomic mass is 32.2. The first-order valence-electron chi connectivity index (χ1n) is 6.42. The molecule has 0 aromatic heterocycles. The molecule has 0 saturated heterocycles. The first-order valence-corrected chi connectivity index (χ1v) is 7.41. The molecule has 0 spiro atoms. The average Bonchev–Trinajstić information content (AvgIpc) is 2.53. The number of aliphatic hydroxyl groups is 1. The summed E-state index contributed by atoms with van der Waals surface area (Å²) in [5, 5.41) is 10.3. The fraction of sp³-hybridized carbons (Fsp3) is 0.250. The molecule has 0 bridgehead atoms. The van der Waals surface area contributed by atoms with Crippen molar-refractivity contribution < 1.29 is 19.0 Å². The van der Waals surface area contributed by atoms with Gasteiger partial charge in [0.1, 0.15) is 17.3 Å². The van der Waals surface area contributed by atoms with Gasteiger partial charge >= 0.3 is 0 Å².